The molecule has 0 saturated carbocycles. The van der Waals surface area contributed by atoms with Crippen molar-refractivity contribution in [3.05, 3.63) is 71.1 Å². The van der Waals surface area contributed by atoms with Gasteiger partial charge in [-0.3, -0.25) is 40.5 Å². The maximum Gasteiger partial charge on any atom is 0.324 e. The smallest absolute Gasteiger partial charge is 0.296 e. The molecular weight excluding hydrogens is 442 g/mol. The number of benzene rings is 1. The molecule has 0 atom stereocenters. The molecule has 0 spiro atoms. The van der Waals surface area contributed by atoms with Crippen LogP contribution in [0.4, 0.5) is 26.6 Å². The molecule has 0 aliphatic rings. The Hall–Kier alpha value is -4.18. The Balaban J connectivity index is 1.74. The Morgan fingerprint density at radius 2 is 1.63 bits per heavy atom. The standard InChI is InChI=1S/C14H7N7O7S2/c22-12(7-3-8(19(23)24)5-9(4-7)20(25)26)16-14-18-17-13(30-14)15-6-10-1-2-11(29-10)21(27)28/h1-6H,(H,16,18,22)/b15-6+. The van der Waals surface area contributed by atoms with Crippen molar-refractivity contribution in [2.24, 2.45) is 4.99 Å². The van der Waals surface area contributed by atoms with E-state index in [2.05, 4.69) is 20.5 Å². The number of hydrogen-bond acceptors (Lipinski definition) is 12. The minimum absolute atomic E-state index is 0.00142. The number of nitrogens with one attached hydrogen (secondary N) is 1. The van der Waals surface area contributed by atoms with Crippen molar-refractivity contribution in [1.82, 2.24) is 10.2 Å². The lowest BCUT2D eigenvalue weighted by atomic mass is 10.1. The first kappa shape index (κ1) is 20.6. The summed E-state index contributed by atoms with van der Waals surface area (Å²) in [6.07, 6.45) is 1.34. The number of non-ortho nitro benzene ring substituents is 2. The fourth-order valence-corrected chi connectivity index (χ4v) is 3.33. The molecule has 1 amide bonds. The highest BCUT2D eigenvalue weighted by Crippen LogP contribution is 2.27. The van der Waals surface area contributed by atoms with E-state index in [1.165, 1.54) is 18.3 Å². The summed E-state index contributed by atoms with van der Waals surface area (Å²) in [4.78, 5) is 47.1. The predicted molar refractivity (Wildman–Crippen MR) is 106 cm³/mol. The summed E-state index contributed by atoms with van der Waals surface area (Å²) in [5.74, 6) is -0.859. The fraction of sp³-hybridized carbons (Fsp3) is 0. The van der Waals surface area contributed by atoms with Crippen molar-refractivity contribution < 1.29 is 19.6 Å². The van der Waals surface area contributed by atoms with Gasteiger partial charge in [0, 0.05) is 24.4 Å². The van der Waals surface area contributed by atoms with Crippen molar-refractivity contribution >= 4 is 61.4 Å². The molecule has 3 rings (SSSR count). The minimum atomic E-state index is -0.859. The first-order chi connectivity index (χ1) is 14.2. The van der Waals surface area contributed by atoms with E-state index in [1.54, 1.807) is 0 Å². The summed E-state index contributed by atoms with van der Waals surface area (Å²) in [5.41, 5.74) is -1.52. The molecule has 0 unspecified atom stereocenters. The average Bonchev–Trinajstić information content (AvgIpc) is 3.35. The molecule has 14 nitrogen and oxygen atoms in total. The van der Waals surface area contributed by atoms with Gasteiger partial charge in [-0.25, -0.2) is 4.99 Å². The number of nitro groups is 3. The van der Waals surface area contributed by atoms with Crippen molar-refractivity contribution in [3.8, 4) is 0 Å². The number of amides is 1. The number of thiophene rings is 1. The lowest BCUT2D eigenvalue weighted by Gasteiger charge is -2.01. The van der Waals surface area contributed by atoms with Crippen LogP contribution in [0, 0.1) is 30.3 Å². The van der Waals surface area contributed by atoms with E-state index >= 15 is 0 Å². The number of nitro benzene ring substituents is 2. The number of aliphatic imine (C=N–C) groups is 1. The van der Waals surface area contributed by atoms with Gasteiger partial charge in [0.05, 0.1) is 31.3 Å². The highest BCUT2D eigenvalue weighted by Gasteiger charge is 2.20. The first-order valence-electron chi connectivity index (χ1n) is 7.60. The number of anilines is 1. The van der Waals surface area contributed by atoms with E-state index in [0.29, 0.717) is 4.88 Å². The van der Waals surface area contributed by atoms with Gasteiger partial charge < -0.3 is 0 Å². The summed E-state index contributed by atoms with van der Waals surface area (Å²) in [6.45, 7) is 0. The second kappa shape index (κ2) is 8.45. The molecule has 0 aliphatic carbocycles. The third-order valence-corrected chi connectivity index (χ3v) is 5.03. The summed E-state index contributed by atoms with van der Waals surface area (Å²) in [5, 5.41) is 42.3. The zero-order valence-corrected chi connectivity index (χ0v) is 16.0. The van der Waals surface area contributed by atoms with E-state index in [9.17, 15) is 35.1 Å². The quantitative estimate of drug-likeness (QED) is 0.319. The van der Waals surface area contributed by atoms with Crippen molar-refractivity contribution in [2.75, 3.05) is 5.32 Å². The summed E-state index contributed by atoms with van der Waals surface area (Å²) >= 11 is 1.77. The Morgan fingerprint density at radius 1 is 0.967 bits per heavy atom. The third-order valence-electron chi connectivity index (χ3n) is 3.32. The highest BCUT2D eigenvalue weighted by molar-refractivity contribution is 7.19. The number of rotatable bonds is 7. The first-order valence-corrected chi connectivity index (χ1v) is 9.23. The van der Waals surface area contributed by atoms with Crippen molar-refractivity contribution in [2.45, 2.75) is 0 Å². The van der Waals surface area contributed by atoms with E-state index in [4.69, 9.17) is 0 Å². The molecule has 1 N–H and O–H groups in total. The van der Waals surface area contributed by atoms with Crippen LogP contribution in [-0.2, 0) is 0 Å². The maximum atomic E-state index is 12.3. The van der Waals surface area contributed by atoms with Crippen LogP contribution in [0.2, 0.25) is 0 Å². The van der Waals surface area contributed by atoms with Crippen LogP contribution in [0.1, 0.15) is 15.2 Å². The average molecular weight is 449 g/mol. The van der Waals surface area contributed by atoms with Gasteiger partial charge in [0.25, 0.3) is 17.3 Å². The van der Waals surface area contributed by atoms with E-state index < -0.39 is 32.1 Å². The number of hydrogen-bond donors (Lipinski definition) is 1. The molecule has 2 aromatic heterocycles. The Labute approximate surface area is 173 Å². The lowest BCUT2D eigenvalue weighted by Crippen LogP contribution is -2.12. The predicted octanol–water partition coefficient (Wildman–Crippen LogP) is 3.33. The lowest BCUT2D eigenvalue weighted by molar-refractivity contribution is -0.394. The second-order valence-electron chi connectivity index (χ2n) is 5.29. The van der Waals surface area contributed by atoms with Gasteiger partial charge in [-0.05, 0) is 6.07 Å². The molecular formula is C14H7N7O7S2. The fourth-order valence-electron chi connectivity index (χ4n) is 2.05. The van der Waals surface area contributed by atoms with Gasteiger partial charge in [-0.1, -0.05) is 22.7 Å². The summed E-state index contributed by atoms with van der Waals surface area (Å²) in [7, 11) is 0. The number of nitrogens with zero attached hydrogens (tertiary/aromatic N) is 6. The highest BCUT2D eigenvalue weighted by atomic mass is 32.1. The Morgan fingerprint density at radius 3 is 2.20 bits per heavy atom. The zero-order chi connectivity index (χ0) is 21.8. The molecule has 16 heteroatoms. The maximum absolute atomic E-state index is 12.3. The van der Waals surface area contributed by atoms with E-state index in [0.717, 1.165) is 40.9 Å². The molecule has 0 saturated heterocycles. The summed E-state index contributed by atoms with van der Waals surface area (Å²) in [6, 6.07) is 5.36. The zero-order valence-electron chi connectivity index (χ0n) is 14.3. The third kappa shape index (κ3) is 4.80. The summed E-state index contributed by atoms with van der Waals surface area (Å²) < 4.78 is 0. The van der Waals surface area contributed by atoms with Gasteiger partial charge in [0.2, 0.25) is 10.3 Å². The molecule has 1 aromatic carbocycles. The van der Waals surface area contributed by atoms with Crippen LogP contribution < -0.4 is 5.32 Å². The van der Waals surface area contributed by atoms with Crippen LogP contribution in [0.5, 0.6) is 0 Å². The number of carbonyl (C=O) groups excluding carboxylic acids is 1. The van der Waals surface area contributed by atoms with Crippen LogP contribution >= 0.6 is 22.7 Å². The molecule has 152 valence electrons. The normalized spacial score (nSPS) is 10.8. The van der Waals surface area contributed by atoms with Gasteiger partial charge in [-0.2, -0.15) is 0 Å². The molecule has 0 radical (unpaired) electrons. The van der Waals surface area contributed by atoms with Crippen molar-refractivity contribution in [1.29, 1.82) is 0 Å². The van der Waals surface area contributed by atoms with E-state index in [-0.39, 0.29) is 20.8 Å². The van der Waals surface area contributed by atoms with Crippen LogP contribution in [0.15, 0.2) is 35.3 Å². The molecule has 0 fully saturated rings. The second-order valence-corrected chi connectivity index (χ2v) is 7.34. The van der Waals surface area contributed by atoms with Gasteiger partial charge in [-0.15, -0.1) is 10.2 Å². The molecule has 30 heavy (non-hydrogen) atoms. The number of aromatic nitrogens is 2. The monoisotopic (exact) mass is 449 g/mol. The molecule has 3 aromatic rings. The van der Waals surface area contributed by atoms with Gasteiger partial charge >= 0.3 is 5.00 Å². The molecule has 0 bridgehead atoms. The van der Waals surface area contributed by atoms with Gasteiger partial charge in [0.15, 0.2) is 0 Å². The van der Waals surface area contributed by atoms with E-state index in [1.807, 2.05) is 0 Å². The van der Waals surface area contributed by atoms with Crippen LogP contribution in [0.3, 0.4) is 0 Å². The Bertz CT molecular complexity index is 1170. The topological polar surface area (TPSA) is 197 Å². The van der Waals surface area contributed by atoms with Gasteiger partial charge in [0.1, 0.15) is 0 Å². The minimum Gasteiger partial charge on any atom is -0.296 e. The van der Waals surface area contributed by atoms with Crippen LogP contribution in [0.25, 0.3) is 0 Å². The number of carbonyl (C=O) groups is 1. The SMILES string of the molecule is O=C(Nc1nnc(/N=C/c2ccc([N+](=O)[O-])s2)s1)c1cc([N+](=O)[O-])cc([N+](=O)[O-])c1. The molecule has 0 aliphatic heterocycles. The largest absolute Gasteiger partial charge is 0.324 e. The molecule has 2 heterocycles. The van der Waals surface area contributed by atoms with Crippen molar-refractivity contribution in [3.63, 3.8) is 0 Å². The Kier molecular flexibility index (Phi) is 5.79. The van der Waals surface area contributed by atoms with Crippen LogP contribution in [-0.4, -0.2) is 37.1 Å².